The van der Waals surface area contributed by atoms with Gasteiger partial charge in [0.2, 0.25) is 0 Å². The quantitative estimate of drug-likeness (QED) is 0.720. The summed E-state index contributed by atoms with van der Waals surface area (Å²) in [4.78, 5) is 25.9. The average Bonchev–Trinajstić information content (AvgIpc) is 3.15. The maximum atomic E-state index is 13.0. The summed E-state index contributed by atoms with van der Waals surface area (Å²) in [6.45, 7) is 5.30. The molecule has 0 saturated carbocycles. The largest absolute Gasteiger partial charge is 0.335 e. The molecule has 1 amide bonds. The third-order valence-corrected chi connectivity index (χ3v) is 4.97. The van der Waals surface area contributed by atoms with Crippen molar-refractivity contribution in [2.45, 2.75) is 6.92 Å². The average molecular weight is 361 g/mol. The molecule has 3 heterocycles. The lowest BCUT2D eigenvalue weighted by Gasteiger charge is -2.31. The molecule has 0 aliphatic carbocycles. The van der Waals surface area contributed by atoms with E-state index in [1.807, 2.05) is 39.9 Å². The van der Waals surface area contributed by atoms with Crippen molar-refractivity contribution < 1.29 is 4.79 Å². The van der Waals surface area contributed by atoms with E-state index in [9.17, 15) is 4.79 Å². The first kappa shape index (κ1) is 17.4. The normalized spacial score (nSPS) is 15.1. The maximum Gasteiger partial charge on any atom is 0.274 e. The number of hydrogen-bond acceptors (Lipinski definition) is 4. The number of aromatic nitrogens is 3. The Kier molecular flexibility index (Phi) is 4.73. The van der Waals surface area contributed by atoms with Gasteiger partial charge in [-0.25, -0.2) is 4.98 Å². The molecule has 3 aromatic rings. The molecule has 1 saturated heterocycles. The molecule has 1 aromatic carbocycles. The summed E-state index contributed by atoms with van der Waals surface area (Å²) < 4.78 is 1.97. The lowest BCUT2D eigenvalue weighted by Crippen LogP contribution is -2.47. The number of nitrogens with zero attached hydrogens (tertiary/aromatic N) is 5. The molecule has 1 aliphatic heterocycles. The predicted molar refractivity (Wildman–Crippen MR) is 105 cm³/mol. The number of likely N-dealkylation sites (N-methyl/N-ethyl adjacent to an activating group) is 1. The van der Waals surface area contributed by atoms with Crippen LogP contribution < -0.4 is 0 Å². The standard InChI is InChI=1S/C21H23N5O/c1-16-3-5-17(6-4-16)20-23-19(15-26(20)18-7-9-22-10-8-18)21(27)25-13-11-24(2)12-14-25/h3-10,15H,11-14H2,1-2H3. The molecule has 0 unspecified atom stereocenters. The molecule has 27 heavy (non-hydrogen) atoms. The third-order valence-electron chi connectivity index (χ3n) is 4.97. The van der Waals surface area contributed by atoms with E-state index in [-0.39, 0.29) is 5.91 Å². The summed E-state index contributed by atoms with van der Waals surface area (Å²) >= 11 is 0. The van der Waals surface area contributed by atoms with Crippen LogP contribution in [0.25, 0.3) is 17.1 Å². The van der Waals surface area contributed by atoms with Crippen molar-refractivity contribution in [1.29, 1.82) is 0 Å². The van der Waals surface area contributed by atoms with E-state index in [1.54, 1.807) is 12.4 Å². The second-order valence-electron chi connectivity index (χ2n) is 6.99. The highest BCUT2D eigenvalue weighted by Crippen LogP contribution is 2.24. The van der Waals surface area contributed by atoms with E-state index in [0.29, 0.717) is 5.69 Å². The molecule has 2 aromatic heterocycles. The van der Waals surface area contributed by atoms with Crippen LogP contribution in [-0.4, -0.2) is 63.5 Å². The van der Waals surface area contributed by atoms with Gasteiger partial charge in [0.15, 0.2) is 0 Å². The molecule has 0 atom stereocenters. The number of pyridine rings is 1. The zero-order valence-electron chi connectivity index (χ0n) is 15.7. The molecule has 0 radical (unpaired) electrons. The van der Waals surface area contributed by atoms with Gasteiger partial charge in [0.05, 0.1) is 5.69 Å². The minimum absolute atomic E-state index is 0.00994. The maximum absolute atomic E-state index is 13.0. The number of carbonyl (C=O) groups is 1. The van der Waals surface area contributed by atoms with E-state index >= 15 is 0 Å². The Hall–Kier alpha value is -2.99. The monoisotopic (exact) mass is 361 g/mol. The lowest BCUT2D eigenvalue weighted by molar-refractivity contribution is 0.0659. The Balaban J connectivity index is 1.73. The zero-order chi connectivity index (χ0) is 18.8. The second-order valence-corrected chi connectivity index (χ2v) is 6.99. The molecule has 1 aliphatic rings. The molecule has 1 fully saturated rings. The molecule has 4 rings (SSSR count). The minimum atomic E-state index is -0.00994. The highest BCUT2D eigenvalue weighted by Gasteiger charge is 2.24. The van der Waals surface area contributed by atoms with Gasteiger partial charge in [0.1, 0.15) is 11.5 Å². The van der Waals surface area contributed by atoms with Gasteiger partial charge in [-0.05, 0) is 26.1 Å². The first-order chi connectivity index (χ1) is 13.1. The van der Waals surface area contributed by atoms with Gasteiger partial charge < -0.3 is 9.80 Å². The van der Waals surface area contributed by atoms with E-state index in [4.69, 9.17) is 4.98 Å². The van der Waals surface area contributed by atoms with E-state index < -0.39 is 0 Å². The number of piperazine rings is 1. The Morgan fingerprint density at radius 2 is 1.63 bits per heavy atom. The van der Waals surface area contributed by atoms with Crippen LogP contribution in [0.4, 0.5) is 0 Å². The van der Waals surface area contributed by atoms with Crippen LogP contribution in [0, 0.1) is 6.92 Å². The van der Waals surface area contributed by atoms with E-state index in [0.717, 1.165) is 43.3 Å². The SMILES string of the molecule is Cc1ccc(-c2nc(C(=O)N3CCN(C)CC3)cn2-c2ccncc2)cc1. The fourth-order valence-electron chi connectivity index (χ4n) is 3.26. The lowest BCUT2D eigenvalue weighted by atomic mass is 10.1. The van der Waals surface area contributed by atoms with Crippen molar-refractivity contribution in [3.8, 4) is 17.1 Å². The topological polar surface area (TPSA) is 54.3 Å². The highest BCUT2D eigenvalue weighted by molar-refractivity contribution is 5.93. The molecular weight excluding hydrogens is 338 g/mol. The van der Waals surface area contributed by atoms with Crippen LogP contribution in [0.5, 0.6) is 0 Å². The predicted octanol–water partition coefficient (Wildman–Crippen LogP) is 2.63. The number of imidazole rings is 1. The highest BCUT2D eigenvalue weighted by atomic mass is 16.2. The molecule has 6 nitrogen and oxygen atoms in total. The van der Waals surface area contributed by atoms with Gasteiger partial charge in [-0.1, -0.05) is 29.8 Å². The van der Waals surface area contributed by atoms with Gasteiger partial charge in [0, 0.05) is 50.3 Å². The van der Waals surface area contributed by atoms with Crippen molar-refractivity contribution >= 4 is 5.91 Å². The number of aryl methyl sites for hydroxylation is 1. The van der Waals surface area contributed by atoms with E-state index in [1.165, 1.54) is 5.56 Å². The van der Waals surface area contributed by atoms with E-state index in [2.05, 4.69) is 36.0 Å². The molecular formula is C21H23N5O. The van der Waals surface area contributed by atoms with Crippen molar-refractivity contribution in [3.63, 3.8) is 0 Å². The molecule has 0 N–H and O–H groups in total. The van der Waals surface area contributed by atoms with Crippen molar-refractivity contribution in [1.82, 2.24) is 24.3 Å². The number of hydrogen-bond donors (Lipinski definition) is 0. The van der Waals surface area contributed by atoms with Gasteiger partial charge in [-0.15, -0.1) is 0 Å². The Morgan fingerprint density at radius 3 is 2.30 bits per heavy atom. The van der Waals surface area contributed by atoms with Crippen molar-refractivity contribution in [3.05, 3.63) is 66.2 Å². The number of benzene rings is 1. The number of carbonyl (C=O) groups excluding carboxylic acids is 1. The first-order valence-electron chi connectivity index (χ1n) is 9.16. The molecule has 0 bridgehead atoms. The van der Waals surface area contributed by atoms with Crippen LogP contribution in [0.1, 0.15) is 16.1 Å². The summed E-state index contributed by atoms with van der Waals surface area (Å²) in [6, 6.07) is 12.0. The Labute approximate surface area is 159 Å². The second kappa shape index (κ2) is 7.32. The van der Waals surface area contributed by atoms with Gasteiger partial charge in [0.25, 0.3) is 5.91 Å². The van der Waals surface area contributed by atoms with Crippen LogP contribution >= 0.6 is 0 Å². The summed E-state index contributed by atoms with van der Waals surface area (Å²) in [6.07, 6.45) is 5.33. The van der Waals surface area contributed by atoms with Gasteiger partial charge >= 0.3 is 0 Å². The van der Waals surface area contributed by atoms with Crippen LogP contribution in [-0.2, 0) is 0 Å². The molecule has 138 valence electrons. The summed E-state index contributed by atoms with van der Waals surface area (Å²) in [5.74, 6) is 0.753. The molecule has 6 heteroatoms. The van der Waals surface area contributed by atoms with Crippen LogP contribution in [0.15, 0.2) is 55.0 Å². The third kappa shape index (κ3) is 3.61. The smallest absolute Gasteiger partial charge is 0.274 e. The summed E-state index contributed by atoms with van der Waals surface area (Å²) in [7, 11) is 2.08. The fraction of sp³-hybridized carbons (Fsp3) is 0.286. The van der Waals surface area contributed by atoms with Crippen molar-refractivity contribution in [2.24, 2.45) is 0 Å². The fourth-order valence-corrected chi connectivity index (χ4v) is 3.26. The zero-order valence-corrected chi connectivity index (χ0v) is 15.7. The Morgan fingerprint density at radius 1 is 0.963 bits per heavy atom. The first-order valence-corrected chi connectivity index (χ1v) is 9.16. The van der Waals surface area contributed by atoms with Crippen LogP contribution in [0.2, 0.25) is 0 Å². The van der Waals surface area contributed by atoms with Gasteiger partial charge in [-0.2, -0.15) is 0 Å². The van der Waals surface area contributed by atoms with Gasteiger partial charge in [-0.3, -0.25) is 14.3 Å². The Bertz CT molecular complexity index is 925. The van der Waals surface area contributed by atoms with Crippen molar-refractivity contribution in [2.75, 3.05) is 33.2 Å². The summed E-state index contributed by atoms with van der Waals surface area (Å²) in [5, 5.41) is 0. The number of amides is 1. The van der Waals surface area contributed by atoms with Crippen LogP contribution in [0.3, 0.4) is 0 Å². The summed E-state index contributed by atoms with van der Waals surface area (Å²) in [5.41, 5.74) is 3.58. The molecule has 0 spiro atoms. The minimum Gasteiger partial charge on any atom is -0.335 e. The number of rotatable bonds is 3.